The standard InChI is InChI=1S/C25H25N9O2/c1-13(7-16(10-26-2)29-24(35)14-5-6-14)15-8-17-21(32-33-22(17)28-9-15)23-30-19-12-27-11-18(20(19)31-23)25(36)34(3)4/h7-12,14H,2,5-6H2,1,3-4H3,(H,29,35)(H,30,31)(H,28,32,33)/b13-7+,16-10+. The molecule has 0 spiro atoms. The van der Waals surface area contributed by atoms with Crippen molar-refractivity contribution in [2.24, 2.45) is 10.9 Å². The lowest BCUT2D eigenvalue weighted by molar-refractivity contribution is -0.121. The molecule has 0 bridgehead atoms. The largest absolute Gasteiger partial charge is 0.345 e. The van der Waals surface area contributed by atoms with Crippen molar-refractivity contribution in [1.82, 2.24) is 40.3 Å². The number of pyridine rings is 2. The number of allylic oxidation sites excluding steroid dienone is 2. The highest BCUT2D eigenvalue weighted by Crippen LogP contribution is 2.30. The van der Waals surface area contributed by atoms with Crippen LogP contribution in [0.4, 0.5) is 0 Å². The predicted molar refractivity (Wildman–Crippen MR) is 137 cm³/mol. The number of rotatable bonds is 7. The van der Waals surface area contributed by atoms with E-state index in [0.717, 1.165) is 29.4 Å². The van der Waals surface area contributed by atoms with Gasteiger partial charge in [0.25, 0.3) is 5.91 Å². The van der Waals surface area contributed by atoms with Gasteiger partial charge in [-0.1, -0.05) is 0 Å². The van der Waals surface area contributed by atoms with Crippen LogP contribution in [0.5, 0.6) is 0 Å². The summed E-state index contributed by atoms with van der Waals surface area (Å²) in [6, 6.07) is 1.95. The molecule has 0 radical (unpaired) electrons. The zero-order chi connectivity index (χ0) is 25.4. The van der Waals surface area contributed by atoms with E-state index in [4.69, 9.17) is 0 Å². The lowest BCUT2D eigenvalue weighted by Gasteiger charge is -2.09. The first kappa shape index (κ1) is 23.1. The van der Waals surface area contributed by atoms with E-state index >= 15 is 0 Å². The van der Waals surface area contributed by atoms with Gasteiger partial charge in [0.15, 0.2) is 11.5 Å². The summed E-state index contributed by atoms with van der Waals surface area (Å²) in [4.78, 5) is 46.7. The van der Waals surface area contributed by atoms with E-state index in [0.29, 0.717) is 39.5 Å². The molecular weight excluding hydrogens is 458 g/mol. The van der Waals surface area contributed by atoms with Crippen LogP contribution in [0, 0.1) is 5.92 Å². The molecule has 0 unspecified atom stereocenters. The van der Waals surface area contributed by atoms with Crippen LogP contribution in [0.15, 0.2) is 47.6 Å². The van der Waals surface area contributed by atoms with Crippen molar-refractivity contribution in [3.63, 3.8) is 0 Å². The van der Waals surface area contributed by atoms with Gasteiger partial charge >= 0.3 is 0 Å². The highest BCUT2D eigenvalue weighted by Gasteiger charge is 2.29. The van der Waals surface area contributed by atoms with E-state index in [1.807, 2.05) is 19.1 Å². The summed E-state index contributed by atoms with van der Waals surface area (Å²) in [5.74, 6) is 0.372. The van der Waals surface area contributed by atoms with E-state index in [1.54, 1.807) is 26.5 Å². The summed E-state index contributed by atoms with van der Waals surface area (Å²) < 4.78 is 0. The number of fused-ring (bicyclic) bond motifs is 2. The fourth-order valence-electron chi connectivity index (χ4n) is 3.85. The SMILES string of the molecule is C=N/C=C(\C=C(/C)c1cnc2[nH]nc(-c3nc4c(C(=O)N(C)C)cncc4[nH]3)c2c1)NC(=O)C1CC1. The summed E-state index contributed by atoms with van der Waals surface area (Å²) in [5, 5.41) is 11.0. The topological polar surface area (TPSA) is 145 Å². The Morgan fingerprint density at radius 3 is 2.78 bits per heavy atom. The fourth-order valence-corrected chi connectivity index (χ4v) is 3.85. The lowest BCUT2D eigenvalue weighted by Crippen LogP contribution is -2.23. The number of nitrogens with one attached hydrogen (secondary N) is 3. The first-order valence-corrected chi connectivity index (χ1v) is 11.4. The second-order valence-corrected chi connectivity index (χ2v) is 8.92. The molecule has 11 nitrogen and oxygen atoms in total. The van der Waals surface area contributed by atoms with Gasteiger partial charge in [-0.2, -0.15) is 5.10 Å². The molecule has 0 saturated heterocycles. The Balaban J connectivity index is 1.52. The number of imidazole rings is 1. The summed E-state index contributed by atoms with van der Waals surface area (Å²) in [6.07, 6.45) is 10.1. The van der Waals surface area contributed by atoms with Crippen molar-refractivity contribution in [3.8, 4) is 11.5 Å². The number of hydrogen-bond acceptors (Lipinski definition) is 7. The minimum absolute atomic E-state index is 0.00820. The van der Waals surface area contributed by atoms with Crippen LogP contribution < -0.4 is 5.32 Å². The van der Waals surface area contributed by atoms with Crippen LogP contribution in [0.2, 0.25) is 0 Å². The molecule has 0 aliphatic heterocycles. The van der Waals surface area contributed by atoms with E-state index in [9.17, 15) is 9.59 Å². The third-order valence-corrected chi connectivity index (χ3v) is 5.94. The number of aromatic amines is 2. The molecule has 36 heavy (non-hydrogen) atoms. The molecule has 2 amide bonds. The normalized spacial score (nSPS) is 14.3. The van der Waals surface area contributed by atoms with Crippen molar-refractivity contribution in [2.45, 2.75) is 19.8 Å². The van der Waals surface area contributed by atoms with Gasteiger partial charge < -0.3 is 15.2 Å². The molecule has 4 aromatic rings. The number of aromatic nitrogens is 6. The van der Waals surface area contributed by atoms with E-state index < -0.39 is 0 Å². The summed E-state index contributed by atoms with van der Waals surface area (Å²) in [6.45, 7) is 5.43. The van der Waals surface area contributed by atoms with Crippen LogP contribution in [0.25, 0.3) is 39.2 Å². The molecule has 1 aliphatic carbocycles. The van der Waals surface area contributed by atoms with Crippen molar-refractivity contribution in [2.75, 3.05) is 14.1 Å². The molecule has 0 atom stereocenters. The molecule has 5 rings (SSSR count). The minimum Gasteiger partial charge on any atom is -0.345 e. The van der Waals surface area contributed by atoms with Gasteiger partial charge in [0, 0.05) is 38.6 Å². The Bertz CT molecular complexity index is 1570. The zero-order valence-corrected chi connectivity index (χ0v) is 20.2. The van der Waals surface area contributed by atoms with Gasteiger partial charge in [-0.05, 0) is 49.8 Å². The molecule has 1 fully saturated rings. The monoisotopic (exact) mass is 483 g/mol. The van der Waals surface area contributed by atoms with Crippen molar-refractivity contribution < 1.29 is 9.59 Å². The van der Waals surface area contributed by atoms with Gasteiger partial charge in [-0.25, -0.2) is 9.97 Å². The Morgan fingerprint density at radius 2 is 2.06 bits per heavy atom. The maximum absolute atomic E-state index is 12.6. The second-order valence-electron chi connectivity index (χ2n) is 8.92. The molecule has 11 heteroatoms. The van der Waals surface area contributed by atoms with Gasteiger partial charge in [0.1, 0.15) is 11.2 Å². The molecule has 4 aromatic heterocycles. The number of H-pyrrole nitrogens is 2. The van der Waals surface area contributed by atoms with Crippen molar-refractivity contribution in [3.05, 3.63) is 53.8 Å². The molecule has 0 aromatic carbocycles. The fraction of sp³-hybridized carbons (Fsp3) is 0.240. The quantitative estimate of drug-likeness (QED) is 0.272. The third kappa shape index (κ3) is 4.38. The van der Waals surface area contributed by atoms with Crippen LogP contribution in [-0.2, 0) is 4.79 Å². The molecule has 182 valence electrons. The van der Waals surface area contributed by atoms with Gasteiger partial charge in [0.05, 0.1) is 28.4 Å². The van der Waals surface area contributed by atoms with Gasteiger partial charge in [-0.3, -0.25) is 24.7 Å². The molecular formula is C25H25N9O2. The summed E-state index contributed by atoms with van der Waals surface area (Å²) in [7, 11) is 3.37. The summed E-state index contributed by atoms with van der Waals surface area (Å²) in [5.41, 5.74) is 4.99. The first-order chi connectivity index (χ1) is 17.4. The Kier molecular flexibility index (Phi) is 5.88. The number of aliphatic imine (C=N–C) groups is 1. The average Bonchev–Trinajstić information content (AvgIpc) is 3.49. The minimum atomic E-state index is -0.186. The molecule has 1 saturated carbocycles. The number of hydrogen-bond donors (Lipinski definition) is 3. The molecule has 1 aliphatic rings. The number of carbonyl (C=O) groups excluding carboxylic acids is 2. The Hall–Kier alpha value is -4.67. The van der Waals surface area contributed by atoms with E-state index in [-0.39, 0.29) is 17.7 Å². The van der Waals surface area contributed by atoms with Crippen LogP contribution in [-0.4, -0.2) is 67.7 Å². The number of carbonyl (C=O) groups is 2. The maximum Gasteiger partial charge on any atom is 0.257 e. The number of nitrogens with zero attached hydrogens (tertiary/aromatic N) is 6. The smallest absolute Gasteiger partial charge is 0.257 e. The molecule has 4 heterocycles. The van der Waals surface area contributed by atoms with Crippen LogP contribution in [0.3, 0.4) is 0 Å². The zero-order valence-electron chi connectivity index (χ0n) is 20.2. The highest BCUT2D eigenvalue weighted by atomic mass is 16.2. The highest BCUT2D eigenvalue weighted by molar-refractivity contribution is 6.05. The van der Waals surface area contributed by atoms with Gasteiger partial charge in [0.2, 0.25) is 5.91 Å². The van der Waals surface area contributed by atoms with Crippen molar-refractivity contribution >= 4 is 46.2 Å². The van der Waals surface area contributed by atoms with Crippen LogP contribution >= 0.6 is 0 Å². The Morgan fingerprint density at radius 1 is 1.25 bits per heavy atom. The maximum atomic E-state index is 12.6. The van der Waals surface area contributed by atoms with E-state index in [1.165, 1.54) is 17.3 Å². The first-order valence-electron chi connectivity index (χ1n) is 11.4. The second kappa shape index (κ2) is 9.17. The number of amides is 2. The van der Waals surface area contributed by atoms with Crippen molar-refractivity contribution in [1.29, 1.82) is 0 Å². The Labute approximate surface area is 206 Å². The summed E-state index contributed by atoms with van der Waals surface area (Å²) >= 11 is 0. The van der Waals surface area contributed by atoms with Crippen LogP contribution in [0.1, 0.15) is 35.7 Å². The third-order valence-electron chi connectivity index (χ3n) is 5.94. The van der Waals surface area contributed by atoms with Gasteiger partial charge in [-0.15, -0.1) is 0 Å². The molecule has 3 N–H and O–H groups in total. The van der Waals surface area contributed by atoms with E-state index in [2.05, 4.69) is 47.2 Å². The predicted octanol–water partition coefficient (Wildman–Crippen LogP) is 3.07. The lowest BCUT2D eigenvalue weighted by atomic mass is 10.1. The average molecular weight is 484 g/mol.